The van der Waals surface area contributed by atoms with E-state index in [0.717, 1.165) is 17.7 Å². The molecule has 1 heterocycles. The van der Waals surface area contributed by atoms with Crippen LogP contribution in [0.3, 0.4) is 0 Å². The number of carbonyl (C=O) groups is 1. The number of amides is 1. The molecule has 0 aliphatic carbocycles. The number of hydrogen-bond donors (Lipinski definition) is 2. The molecule has 0 saturated carbocycles. The fourth-order valence-electron chi connectivity index (χ4n) is 2.10. The molecular formula is C12H16N2O. The van der Waals surface area contributed by atoms with Gasteiger partial charge in [0.05, 0.1) is 5.92 Å². The van der Waals surface area contributed by atoms with Crippen molar-refractivity contribution in [2.45, 2.75) is 26.2 Å². The van der Waals surface area contributed by atoms with Crippen LogP contribution in [0.2, 0.25) is 0 Å². The Morgan fingerprint density at radius 1 is 1.40 bits per heavy atom. The molecule has 2 rings (SSSR count). The van der Waals surface area contributed by atoms with E-state index in [2.05, 4.69) is 18.3 Å². The Kier molecular flexibility index (Phi) is 2.49. The summed E-state index contributed by atoms with van der Waals surface area (Å²) in [7, 11) is 0. The molecule has 0 bridgehead atoms. The zero-order valence-electron chi connectivity index (χ0n) is 9.13. The number of hydrogen-bond acceptors (Lipinski definition) is 2. The van der Waals surface area contributed by atoms with Crippen LogP contribution < -0.4 is 11.1 Å². The van der Waals surface area contributed by atoms with Crippen LogP contribution in [-0.2, 0) is 4.79 Å². The van der Waals surface area contributed by atoms with Gasteiger partial charge in [0.1, 0.15) is 0 Å². The third kappa shape index (κ3) is 1.53. The van der Waals surface area contributed by atoms with Gasteiger partial charge in [-0.1, -0.05) is 12.1 Å². The highest BCUT2D eigenvalue weighted by molar-refractivity contribution is 6.03. The molecule has 0 fully saturated rings. The molecule has 80 valence electrons. The van der Waals surface area contributed by atoms with E-state index in [1.807, 2.05) is 13.0 Å². The summed E-state index contributed by atoms with van der Waals surface area (Å²) in [5.41, 5.74) is 10.00. The standard InChI is InChI=1S/C12H16N2O/c1-7-3-4-9-10(5-6-13)12(15)14-11(9)8(7)2/h3-4,10H,5-6,13H2,1-2H3,(H,14,15). The van der Waals surface area contributed by atoms with Crippen molar-refractivity contribution in [1.82, 2.24) is 0 Å². The first-order valence-corrected chi connectivity index (χ1v) is 5.26. The van der Waals surface area contributed by atoms with Crippen LogP contribution in [0, 0.1) is 13.8 Å². The number of nitrogens with two attached hydrogens (primary N) is 1. The lowest BCUT2D eigenvalue weighted by Crippen LogP contribution is -2.15. The average molecular weight is 204 g/mol. The molecule has 3 heteroatoms. The predicted molar refractivity (Wildman–Crippen MR) is 61.0 cm³/mol. The summed E-state index contributed by atoms with van der Waals surface area (Å²) in [6, 6.07) is 4.11. The molecule has 1 aromatic carbocycles. The van der Waals surface area contributed by atoms with Gasteiger partial charge in [0.25, 0.3) is 0 Å². The number of rotatable bonds is 2. The normalized spacial score (nSPS) is 18.9. The number of nitrogens with one attached hydrogen (secondary N) is 1. The van der Waals surface area contributed by atoms with Crippen molar-refractivity contribution in [2.24, 2.45) is 5.73 Å². The minimum atomic E-state index is -0.0516. The third-order valence-corrected chi connectivity index (χ3v) is 3.16. The van der Waals surface area contributed by atoms with Crippen molar-refractivity contribution in [2.75, 3.05) is 11.9 Å². The van der Waals surface area contributed by atoms with Crippen molar-refractivity contribution >= 4 is 11.6 Å². The molecule has 1 aliphatic heterocycles. The van der Waals surface area contributed by atoms with Crippen LogP contribution in [0.1, 0.15) is 29.0 Å². The van der Waals surface area contributed by atoms with Gasteiger partial charge in [-0.25, -0.2) is 0 Å². The first-order chi connectivity index (χ1) is 7.15. The van der Waals surface area contributed by atoms with E-state index in [1.54, 1.807) is 0 Å². The van der Waals surface area contributed by atoms with Gasteiger partial charge in [0.2, 0.25) is 5.91 Å². The van der Waals surface area contributed by atoms with E-state index >= 15 is 0 Å². The molecule has 3 nitrogen and oxygen atoms in total. The van der Waals surface area contributed by atoms with Crippen molar-refractivity contribution in [3.8, 4) is 0 Å². The molecule has 1 aromatic rings. The maximum absolute atomic E-state index is 11.7. The van der Waals surface area contributed by atoms with Gasteiger partial charge in [0, 0.05) is 5.69 Å². The van der Waals surface area contributed by atoms with Crippen molar-refractivity contribution in [3.05, 3.63) is 28.8 Å². The lowest BCUT2D eigenvalue weighted by atomic mass is 9.94. The summed E-state index contributed by atoms with van der Waals surface area (Å²) in [6.07, 6.45) is 0.724. The highest BCUT2D eigenvalue weighted by atomic mass is 16.2. The Morgan fingerprint density at radius 3 is 2.80 bits per heavy atom. The van der Waals surface area contributed by atoms with Crippen LogP contribution in [0.25, 0.3) is 0 Å². The lowest BCUT2D eigenvalue weighted by molar-refractivity contribution is -0.117. The summed E-state index contributed by atoms with van der Waals surface area (Å²) in [5, 5.41) is 2.95. The zero-order chi connectivity index (χ0) is 11.0. The molecule has 1 aliphatic rings. The maximum Gasteiger partial charge on any atom is 0.232 e. The lowest BCUT2D eigenvalue weighted by Gasteiger charge is -2.08. The number of anilines is 1. The SMILES string of the molecule is Cc1ccc2c(c1C)NC(=O)C2CCN. The number of fused-ring (bicyclic) bond motifs is 1. The topological polar surface area (TPSA) is 55.1 Å². The molecule has 15 heavy (non-hydrogen) atoms. The minimum absolute atomic E-state index is 0.0516. The van der Waals surface area contributed by atoms with Gasteiger partial charge in [0.15, 0.2) is 0 Å². The number of benzene rings is 1. The van der Waals surface area contributed by atoms with E-state index in [0.29, 0.717) is 6.54 Å². The highest BCUT2D eigenvalue weighted by Gasteiger charge is 2.30. The smallest absolute Gasteiger partial charge is 0.232 e. The summed E-state index contributed by atoms with van der Waals surface area (Å²) in [5.74, 6) is 0.0356. The third-order valence-electron chi connectivity index (χ3n) is 3.16. The zero-order valence-corrected chi connectivity index (χ0v) is 9.13. The largest absolute Gasteiger partial charge is 0.330 e. The molecule has 1 unspecified atom stereocenters. The average Bonchev–Trinajstić information content (AvgIpc) is 2.52. The molecule has 1 atom stereocenters. The van der Waals surface area contributed by atoms with Gasteiger partial charge in [-0.3, -0.25) is 4.79 Å². The summed E-state index contributed by atoms with van der Waals surface area (Å²) < 4.78 is 0. The van der Waals surface area contributed by atoms with Crippen molar-refractivity contribution < 1.29 is 4.79 Å². The van der Waals surface area contributed by atoms with Gasteiger partial charge in [-0.15, -0.1) is 0 Å². The summed E-state index contributed by atoms with van der Waals surface area (Å²) >= 11 is 0. The summed E-state index contributed by atoms with van der Waals surface area (Å²) in [4.78, 5) is 11.7. The van der Waals surface area contributed by atoms with Gasteiger partial charge < -0.3 is 11.1 Å². The predicted octanol–water partition coefficient (Wildman–Crippen LogP) is 1.69. The van der Waals surface area contributed by atoms with Crippen LogP contribution in [0.15, 0.2) is 12.1 Å². The molecule has 0 radical (unpaired) electrons. The van der Waals surface area contributed by atoms with E-state index < -0.39 is 0 Å². The van der Waals surface area contributed by atoms with Crippen LogP contribution in [0.5, 0.6) is 0 Å². The summed E-state index contributed by atoms with van der Waals surface area (Å²) in [6.45, 7) is 4.64. The first-order valence-electron chi connectivity index (χ1n) is 5.26. The minimum Gasteiger partial charge on any atom is -0.330 e. The highest BCUT2D eigenvalue weighted by Crippen LogP contribution is 2.37. The molecule has 0 spiro atoms. The monoisotopic (exact) mass is 204 g/mol. The Bertz CT molecular complexity index is 412. The Hall–Kier alpha value is -1.35. The fourth-order valence-corrected chi connectivity index (χ4v) is 2.10. The van der Waals surface area contributed by atoms with Gasteiger partial charge >= 0.3 is 0 Å². The Balaban J connectivity index is 2.47. The molecule has 1 amide bonds. The Morgan fingerprint density at radius 2 is 2.13 bits per heavy atom. The molecule has 0 saturated heterocycles. The van der Waals surface area contributed by atoms with E-state index in [4.69, 9.17) is 5.73 Å². The number of carbonyl (C=O) groups excluding carboxylic acids is 1. The van der Waals surface area contributed by atoms with Crippen LogP contribution >= 0.6 is 0 Å². The second-order valence-corrected chi connectivity index (χ2v) is 4.09. The molecular weight excluding hydrogens is 188 g/mol. The van der Waals surface area contributed by atoms with Crippen LogP contribution in [0.4, 0.5) is 5.69 Å². The van der Waals surface area contributed by atoms with E-state index in [9.17, 15) is 4.79 Å². The van der Waals surface area contributed by atoms with E-state index in [-0.39, 0.29) is 11.8 Å². The molecule has 3 N–H and O–H groups in total. The fraction of sp³-hybridized carbons (Fsp3) is 0.417. The van der Waals surface area contributed by atoms with Crippen LogP contribution in [-0.4, -0.2) is 12.5 Å². The second-order valence-electron chi connectivity index (χ2n) is 4.09. The quantitative estimate of drug-likeness (QED) is 0.770. The number of aryl methyl sites for hydroxylation is 1. The van der Waals surface area contributed by atoms with E-state index in [1.165, 1.54) is 11.1 Å². The van der Waals surface area contributed by atoms with Gasteiger partial charge in [-0.05, 0) is 43.5 Å². The Labute approximate surface area is 89.7 Å². The maximum atomic E-state index is 11.7. The first kappa shape index (κ1) is 10.2. The van der Waals surface area contributed by atoms with Gasteiger partial charge in [-0.2, -0.15) is 0 Å². The van der Waals surface area contributed by atoms with Crippen molar-refractivity contribution in [1.29, 1.82) is 0 Å². The second kappa shape index (κ2) is 3.66. The van der Waals surface area contributed by atoms with Crippen molar-refractivity contribution in [3.63, 3.8) is 0 Å². The molecule has 0 aromatic heterocycles.